The second kappa shape index (κ2) is 4.49. The highest BCUT2D eigenvalue weighted by Gasteiger charge is 2.34. The third-order valence-electron chi connectivity index (χ3n) is 2.39. The van der Waals surface area contributed by atoms with Crippen molar-refractivity contribution in [1.29, 1.82) is 0 Å². The molecule has 2 atom stereocenters. The predicted molar refractivity (Wildman–Crippen MR) is 60.0 cm³/mol. The van der Waals surface area contributed by atoms with E-state index in [1.165, 1.54) is 0 Å². The van der Waals surface area contributed by atoms with Crippen molar-refractivity contribution in [3.8, 4) is 5.75 Å². The number of hydrogen-bond donors (Lipinski definition) is 2. The van der Waals surface area contributed by atoms with Crippen LogP contribution in [0.2, 0.25) is 0 Å². The number of ether oxygens (including phenoxy) is 1. The fourth-order valence-electron chi connectivity index (χ4n) is 1.38. The van der Waals surface area contributed by atoms with Gasteiger partial charge in [0.25, 0.3) is 0 Å². The summed E-state index contributed by atoms with van der Waals surface area (Å²) in [6.45, 7) is 2.80. The Kier molecular flexibility index (Phi) is 3.06. The molecule has 0 amide bonds. The first-order chi connectivity index (χ1) is 7.31. The van der Waals surface area contributed by atoms with Gasteiger partial charge < -0.3 is 15.8 Å². The van der Waals surface area contributed by atoms with E-state index in [2.05, 4.69) is 17.2 Å². The van der Waals surface area contributed by atoms with Gasteiger partial charge in [0.1, 0.15) is 0 Å². The van der Waals surface area contributed by atoms with E-state index in [9.17, 15) is 0 Å². The minimum absolute atomic E-state index is 0.269. The Bertz CT molecular complexity index is 329. The van der Waals surface area contributed by atoms with Crippen LogP contribution in [0.25, 0.3) is 0 Å². The number of aromatic nitrogens is 1. The number of hydrogen-bond acceptors (Lipinski definition) is 4. The Morgan fingerprint density at radius 1 is 1.67 bits per heavy atom. The Labute approximate surface area is 89.8 Å². The first-order valence-electron chi connectivity index (χ1n) is 5.41. The molecule has 1 aliphatic rings. The lowest BCUT2D eigenvalue weighted by atomic mass is 10.4. The quantitative estimate of drug-likeness (QED) is 0.765. The molecule has 2 unspecified atom stereocenters. The summed E-state index contributed by atoms with van der Waals surface area (Å²) in [7, 11) is 0. The number of nitrogens with one attached hydrogen (secondary N) is 1. The molecule has 1 fully saturated rings. The summed E-state index contributed by atoms with van der Waals surface area (Å²) in [5.74, 6) is 1.63. The first-order valence-corrected chi connectivity index (χ1v) is 5.41. The summed E-state index contributed by atoms with van der Waals surface area (Å²) in [4.78, 5) is 4.25. The summed E-state index contributed by atoms with van der Waals surface area (Å²) in [6.07, 6.45) is 3.77. The van der Waals surface area contributed by atoms with E-state index in [-0.39, 0.29) is 6.04 Å². The van der Waals surface area contributed by atoms with Crippen molar-refractivity contribution in [2.75, 3.05) is 11.9 Å². The summed E-state index contributed by atoms with van der Waals surface area (Å²) >= 11 is 0. The van der Waals surface area contributed by atoms with Crippen LogP contribution < -0.4 is 15.8 Å². The van der Waals surface area contributed by atoms with E-state index in [0.29, 0.717) is 6.04 Å². The van der Waals surface area contributed by atoms with Gasteiger partial charge in [0.05, 0.1) is 6.61 Å². The molecule has 1 aromatic heterocycles. The Hall–Kier alpha value is -1.29. The van der Waals surface area contributed by atoms with Crippen LogP contribution in [-0.4, -0.2) is 23.7 Å². The molecule has 15 heavy (non-hydrogen) atoms. The predicted octanol–water partition coefficient (Wildman–Crippen LogP) is 1.38. The fourth-order valence-corrected chi connectivity index (χ4v) is 1.38. The minimum atomic E-state index is 0.269. The largest absolute Gasteiger partial charge is 0.490 e. The molecule has 1 heterocycles. The lowest BCUT2D eigenvalue weighted by Crippen LogP contribution is -2.14. The van der Waals surface area contributed by atoms with Crippen LogP contribution in [0, 0.1) is 0 Å². The maximum absolute atomic E-state index is 5.73. The highest BCUT2D eigenvalue weighted by molar-refractivity contribution is 5.51. The summed E-state index contributed by atoms with van der Waals surface area (Å²) < 4.78 is 5.58. The molecule has 1 saturated carbocycles. The zero-order valence-corrected chi connectivity index (χ0v) is 8.94. The van der Waals surface area contributed by atoms with Crippen molar-refractivity contribution in [1.82, 2.24) is 4.98 Å². The van der Waals surface area contributed by atoms with Gasteiger partial charge in [-0.3, -0.25) is 0 Å². The van der Waals surface area contributed by atoms with Crippen molar-refractivity contribution in [3.63, 3.8) is 0 Å². The SMILES string of the molecule is CCCOc1cccnc1NC1CC1N. The minimum Gasteiger partial charge on any atom is -0.490 e. The van der Waals surface area contributed by atoms with Crippen LogP contribution in [-0.2, 0) is 0 Å². The maximum atomic E-state index is 5.73. The number of nitrogens with two attached hydrogens (primary N) is 1. The molecule has 0 radical (unpaired) electrons. The third kappa shape index (κ3) is 2.59. The van der Waals surface area contributed by atoms with Crippen molar-refractivity contribution in [2.45, 2.75) is 31.8 Å². The maximum Gasteiger partial charge on any atom is 0.169 e. The molecule has 2 rings (SSSR count). The van der Waals surface area contributed by atoms with E-state index in [4.69, 9.17) is 10.5 Å². The molecule has 1 aliphatic carbocycles. The van der Waals surface area contributed by atoms with E-state index < -0.39 is 0 Å². The average Bonchev–Trinajstić information content (AvgIpc) is 2.93. The molecule has 0 spiro atoms. The molecular weight excluding hydrogens is 190 g/mol. The number of anilines is 1. The summed E-state index contributed by atoms with van der Waals surface area (Å²) in [5, 5.41) is 3.28. The Morgan fingerprint density at radius 2 is 2.47 bits per heavy atom. The molecule has 1 aromatic rings. The van der Waals surface area contributed by atoms with Crippen molar-refractivity contribution < 1.29 is 4.74 Å². The van der Waals surface area contributed by atoms with Gasteiger partial charge in [-0.1, -0.05) is 6.92 Å². The second-order valence-electron chi connectivity index (χ2n) is 3.85. The van der Waals surface area contributed by atoms with Gasteiger partial charge >= 0.3 is 0 Å². The van der Waals surface area contributed by atoms with E-state index >= 15 is 0 Å². The molecule has 0 bridgehead atoms. The summed E-state index contributed by atoms with van der Waals surface area (Å²) in [6, 6.07) is 4.44. The monoisotopic (exact) mass is 207 g/mol. The van der Waals surface area contributed by atoms with Gasteiger partial charge in [-0.05, 0) is 25.0 Å². The van der Waals surface area contributed by atoms with Crippen LogP contribution in [0.5, 0.6) is 5.75 Å². The zero-order chi connectivity index (χ0) is 10.7. The molecule has 4 heteroatoms. The Balaban J connectivity index is 2.00. The van der Waals surface area contributed by atoms with E-state index in [0.717, 1.165) is 31.0 Å². The van der Waals surface area contributed by atoms with Crippen LogP contribution >= 0.6 is 0 Å². The van der Waals surface area contributed by atoms with Crippen molar-refractivity contribution >= 4 is 5.82 Å². The van der Waals surface area contributed by atoms with Crippen LogP contribution in [0.3, 0.4) is 0 Å². The normalized spacial score (nSPS) is 23.6. The standard InChI is InChI=1S/C11H17N3O/c1-2-6-15-10-4-3-5-13-11(10)14-9-7-8(9)12/h3-5,8-9H,2,6-7,12H2,1H3,(H,13,14). The molecule has 82 valence electrons. The van der Waals surface area contributed by atoms with Crippen LogP contribution in [0.4, 0.5) is 5.82 Å². The number of nitrogens with zero attached hydrogens (tertiary/aromatic N) is 1. The summed E-state index contributed by atoms with van der Waals surface area (Å²) in [5.41, 5.74) is 5.73. The van der Waals surface area contributed by atoms with Gasteiger partial charge in [0.2, 0.25) is 0 Å². The van der Waals surface area contributed by atoms with Gasteiger partial charge in [0, 0.05) is 18.3 Å². The second-order valence-corrected chi connectivity index (χ2v) is 3.85. The zero-order valence-electron chi connectivity index (χ0n) is 8.94. The Morgan fingerprint density at radius 3 is 3.13 bits per heavy atom. The molecule has 0 aromatic carbocycles. The highest BCUT2D eigenvalue weighted by Crippen LogP contribution is 2.28. The molecular formula is C11H17N3O. The van der Waals surface area contributed by atoms with Crippen molar-refractivity contribution in [3.05, 3.63) is 18.3 Å². The lowest BCUT2D eigenvalue weighted by Gasteiger charge is -2.10. The molecule has 3 N–H and O–H groups in total. The number of rotatable bonds is 5. The van der Waals surface area contributed by atoms with Crippen LogP contribution in [0.1, 0.15) is 19.8 Å². The highest BCUT2D eigenvalue weighted by atomic mass is 16.5. The van der Waals surface area contributed by atoms with E-state index in [1.54, 1.807) is 6.20 Å². The topological polar surface area (TPSA) is 60.2 Å². The van der Waals surface area contributed by atoms with E-state index in [1.807, 2.05) is 12.1 Å². The van der Waals surface area contributed by atoms with Gasteiger partial charge in [0.15, 0.2) is 11.6 Å². The number of pyridine rings is 1. The average molecular weight is 207 g/mol. The smallest absolute Gasteiger partial charge is 0.169 e. The molecule has 4 nitrogen and oxygen atoms in total. The van der Waals surface area contributed by atoms with Gasteiger partial charge in [-0.2, -0.15) is 0 Å². The molecule has 0 saturated heterocycles. The van der Waals surface area contributed by atoms with Crippen molar-refractivity contribution in [2.24, 2.45) is 5.73 Å². The molecule has 0 aliphatic heterocycles. The van der Waals surface area contributed by atoms with Gasteiger partial charge in [-0.25, -0.2) is 4.98 Å². The fraction of sp³-hybridized carbons (Fsp3) is 0.545. The van der Waals surface area contributed by atoms with Gasteiger partial charge in [-0.15, -0.1) is 0 Å². The van der Waals surface area contributed by atoms with Crippen LogP contribution in [0.15, 0.2) is 18.3 Å². The first kappa shape index (κ1) is 10.2. The lowest BCUT2D eigenvalue weighted by molar-refractivity contribution is 0.317. The third-order valence-corrected chi connectivity index (χ3v) is 2.39.